The molecule has 0 aliphatic carbocycles. The number of nitrogens with zero attached hydrogens (tertiary/aromatic N) is 3. The van der Waals surface area contributed by atoms with E-state index in [1.165, 1.54) is 17.7 Å². The molecule has 1 atom stereocenters. The van der Waals surface area contributed by atoms with Crippen molar-refractivity contribution < 1.29 is 4.74 Å². The number of rotatable bonds is 5. The quantitative estimate of drug-likeness (QED) is 0.597. The number of aromatic nitrogens is 2. The van der Waals surface area contributed by atoms with Crippen LogP contribution in [-0.2, 0) is 6.67 Å². The molecule has 1 aliphatic heterocycles. The summed E-state index contributed by atoms with van der Waals surface area (Å²) in [6, 6.07) is 12.9. The topological polar surface area (TPSA) is 22.3 Å². The molecule has 1 aromatic carbocycles. The molecule has 0 unspecified atom stereocenters. The number of benzene rings is 1. The number of ether oxygens (including phenoxy) is 1. The highest BCUT2D eigenvalue weighted by Crippen LogP contribution is 2.34. The van der Waals surface area contributed by atoms with E-state index in [1.54, 1.807) is 7.11 Å². The molecule has 0 saturated carbocycles. The molecular weight excluding hydrogens is 350 g/mol. The molecule has 1 aliphatic rings. The van der Waals surface area contributed by atoms with Crippen LogP contribution in [0.2, 0.25) is 0 Å². The molecule has 4 rings (SSSR count). The lowest BCUT2D eigenvalue weighted by Gasteiger charge is -2.23. The molecule has 2 aromatic heterocycles. The Balaban J connectivity index is 1.55. The third kappa shape index (κ3) is 3.29. The van der Waals surface area contributed by atoms with Gasteiger partial charge in [-0.15, -0.1) is 11.3 Å². The predicted octanol–water partition coefficient (Wildman–Crippen LogP) is 4.87. The second-order valence-corrected chi connectivity index (χ2v) is 7.59. The maximum atomic E-state index is 5.71. The van der Waals surface area contributed by atoms with Crippen molar-refractivity contribution in [2.45, 2.75) is 25.6 Å². The number of imidazole rings is 1. The average molecular weight is 372 g/mol. The van der Waals surface area contributed by atoms with E-state index in [2.05, 4.69) is 33.2 Å². The lowest BCUT2D eigenvalue weighted by molar-refractivity contribution is 0.203. The first-order valence-corrected chi connectivity index (χ1v) is 9.75. The van der Waals surface area contributed by atoms with E-state index in [0.717, 1.165) is 29.4 Å². The summed E-state index contributed by atoms with van der Waals surface area (Å²) in [5, 5.41) is 2.16. The first-order chi connectivity index (χ1) is 12.3. The summed E-state index contributed by atoms with van der Waals surface area (Å²) in [6.07, 6.45) is 6.60. The molecule has 0 radical (unpaired) electrons. The first kappa shape index (κ1) is 16.6. The Bertz CT molecular complexity index is 880. The van der Waals surface area contributed by atoms with Crippen LogP contribution in [0.3, 0.4) is 0 Å². The standard InChI is InChI=1S/C19H21N3OS2/c1-23-16-8-6-15(7-9-16)22-12-11-21(19(22)24)14-20-10-2-4-17(20)18-5-3-13-25-18/h3,5-9,11-13,17H,2,4,10,14H2,1H3/t17-/m1/s1. The molecular formula is C19H21N3OS2. The average Bonchev–Trinajstić information content (AvgIpc) is 3.38. The van der Waals surface area contributed by atoms with Gasteiger partial charge in [0.05, 0.1) is 13.8 Å². The zero-order chi connectivity index (χ0) is 17.2. The van der Waals surface area contributed by atoms with Crippen molar-refractivity contribution in [1.29, 1.82) is 0 Å². The van der Waals surface area contributed by atoms with Gasteiger partial charge in [0.15, 0.2) is 4.77 Å². The largest absolute Gasteiger partial charge is 0.497 e. The number of likely N-dealkylation sites (tertiary alicyclic amines) is 1. The van der Waals surface area contributed by atoms with E-state index in [0.29, 0.717) is 6.04 Å². The van der Waals surface area contributed by atoms with Crippen molar-refractivity contribution in [2.75, 3.05) is 13.7 Å². The molecule has 1 saturated heterocycles. The zero-order valence-corrected chi connectivity index (χ0v) is 15.8. The van der Waals surface area contributed by atoms with Gasteiger partial charge in [-0.25, -0.2) is 0 Å². The third-order valence-corrected chi connectivity index (χ3v) is 6.17. The fourth-order valence-electron chi connectivity index (χ4n) is 3.45. The molecule has 1 fully saturated rings. The van der Waals surface area contributed by atoms with Crippen LogP contribution in [0.5, 0.6) is 5.75 Å². The maximum absolute atomic E-state index is 5.71. The number of methoxy groups -OCH3 is 1. The molecule has 130 valence electrons. The summed E-state index contributed by atoms with van der Waals surface area (Å²) in [5.74, 6) is 0.852. The van der Waals surface area contributed by atoms with Gasteiger partial charge in [0, 0.05) is 35.5 Å². The summed E-state index contributed by atoms with van der Waals surface area (Å²) in [7, 11) is 1.68. The van der Waals surface area contributed by atoms with Crippen molar-refractivity contribution in [3.8, 4) is 11.4 Å². The van der Waals surface area contributed by atoms with Gasteiger partial charge in [0.25, 0.3) is 0 Å². The van der Waals surface area contributed by atoms with Crippen molar-refractivity contribution in [1.82, 2.24) is 14.0 Å². The van der Waals surface area contributed by atoms with Gasteiger partial charge >= 0.3 is 0 Å². The summed E-state index contributed by atoms with van der Waals surface area (Å²) in [4.78, 5) is 3.98. The Kier molecular flexibility index (Phi) is 4.74. The van der Waals surface area contributed by atoms with Crippen molar-refractivity contribution in [2.24, 2.45) is 0 Å². The van der Waals surface area contributed by atoms with E-state index in [1.807, 2.05) is 46.4 Å². The van der Waals surface area contributed by atoms with Crippen LogP contribution in [0, 0.1) is 4.77 Å². The molecule has 3 aromatic rings. The van der Waals surface area contributed by atoms with Gasteiger partial charge in [-0.3, -0.25) is 9.47 Å². The second-order valence-electron chi connectivity index (χ2n) is 6.25. The minimum Gasteiger partial charge on any atom is -0.497 e. The molecule has 25 heavy (non-hydrogen) atoms. The van der Waals surface area contributed by atoms with Gasteiger partial charge in [0.1, 0.15) is 5.75 Å². The van der Waals surface area contributed by atoms with E-state index in [9.17, 15) is 0 Å². The Morgan fingerprint density at radius 1 is 1.20 bits per heavy atom. The van der Waals surface area contributed by atoms with E-state index < -0.39 is 0 Å². The Hall–Kier alpha value is -1.89. The van der Waals surface area contributed by atoms with Crippen LogP contribution >= 0.6 is 23.6 Å². The smallest absolute Gasteiger partial charge is 0.185 e. The minimum absolute atomic E-state index is 0.520. The lowest BCUT2D eigenvalue weighted by atomic mass is 10.2. The zero-order valence-electron chi connectivity index (χ0n) is 14.2. The van der Waals surface area contributed by atoms with Crippen molar-refractivity contribution in [3.63, 3.8) is 0 Å². The number of thiophene rings is 1. The molecule has 0 spiro atoms. The van der Waals surface area contributed by atoms with E-state index in [-0.39, 0.29) is 0 Å². The van der Waals surface area contributed by atoms with E-state index >= 15 is 0 Å². The summed E-state index contributed by atoms with van der Waals surface area (Å²) in [5.41, 5.74) is 1.06. The molecule has 3 heterocycles. The highest BCUT2D eigenvalue weighted by atomic mass is 32.1. The SMILES string of the molecule is COc1ccc(-n2ccn(CN3CCC[C@@H]3c3cccs3)c2=S)cc1. The lowest BCUT2D eigenvalue weighted by Crippen LogP contribution is -2.25. The van der Waals surface area contributed by atoms with Crippen LogP contribution < -0.4 is 4.74 Å². The number of hydrogen-bond acceptors (Lipinski definition) is 4. The van der Waals surface area contributed by atoms with Gasteiger partial charge in [-0.1, -0.05) is 6.07 Å². The summed E-state index contributed by atoms with van der Waals surface area (Å²) < 4.78 is 10.3. The van der Waals surface area contributed by atoms with Gasteiger partial charge < -0.3 is 9.30 Å². The van der Waals surface area contributed by atoms with Gasteiger partial charge in [-0.2, -0.15) is 0 Å². The number of hydrogen-bond donors (Lipinski definition) is 0. The fourth-order valence-corrected chi connectivity index (χ4v) is 4.63. The molecule has 6 heteroatoms. The summed E-state index contributed by atoms with van der Waals surface area (Å²) >= 11 is 7.56. The first-order valence-electron chi connectivity index (χ1n) is 8.46. The Morgan fingerprint density at radius 3 is 2.76 bits per heavy atom. The Labute approximate surface area is 156 Å². The van der Waals surface area contributed by atoms with E-state index in [4.69, 9.17) is 17.0 Å². The molecule has 0 N–H and O–H groups in total. The normalized spacial score (nSPS) is 17.9. The highest BCUT2D eigenvalue weighted by Gasteiger charge is 2.26. The van der Waals surface area contributed by atoms with Gasteiger partial charge in [0.2, 0.25) is 0 Å². The fraction of sp³-hybridized carbons (Fsp3) is 0.316. The maximum Gasteiger partial charge on any atom is 0.185 e. The predicted molar refractivity (Wildman–Crippen MR) is 104 cm³/mol. The van der Waals surface area contributed by atoms with Crippen molar-refractivity contribution in [3.05, 3.63) is 63.8 Å². The van der Waals surface area contributed by atoms with Crippen LogP contribution in [0.25, 0.3) is 5.69 Å². The van der Waals surface area contributed by atoms with Gasteiger partial charge in [-0.05, 0) is 60.8 Å². The van der Waals surface area contributed by atoms with Crippen LogP contribution in [0.15, 0.2) is 54.2 Å². The summed E-state index contributed by atoms with van der Waals surface area (Å²) in [6.45, 7) is 1.96. The molecule has 4 nitrogen and oxygen atoms in total. The molecule has 0 bridgehead atoms. The second kappa shape index (κ2) is 7.15. The molecule has 0 amide bonds. The monoisotopic (exact) mass is 371 g/mol. The van der Waals surface area contributed by atoms with Crippen LogP contribution in [-0.4, -0.2) is 27.7 Å². The Morgan fingerprint density at radius 2 is 2.04 bits per heavy atom. The van der Waals surface area contributed by atoms with Crippen molar-refractivity contribution >= 4 is 23.6 Å². The minimum atomic E-state index is 0.520. The van der Waals surface area contributed by atoms with Crippen LogP contribution in [0.4, 0.5) is 0 Å². The highest BCUT2D eigenvalue weighted by molar-refractivity contribution is 7.71. The van der Waals surface area contributed by atoms with Crippen LogP contribution in [0.1, 0.15) is 23.8 Å². The third-order valence-electron chi connectivity index (χ3n) is 4.77.